The fraction of sp³-hybridized carbons (Fsp3) is 0.714. The van der Waals surface area contributed by atoms with Gasteiger partial charge in [-0.15, -0.1) is 0 Å². The second kappa shape index (κ2) is 10.1. The van der Waals surface area contributed by atoms with Crippen LogP contribution in [-0.2, 0) is 4.74 Å². The van der Waals surface area contributed by atoms with Gasteiger partial charge in [-0.1, -0.05) is 19.1 Å². The molecule has 146 valence electrons. The van der Waals surface area contributed by atoms with Crippen LogP contribution in [0.3, 0.4) is 0 Å². The minimum atomic E-state index is 0.703. The molecule has 0 unspecified atom stereocenters. The summed E-state index contributed by atoms with van der Waals surface area (Å²) >= 11 is 0. The number of ether oxygens (including phenoxy) is 2. The third kappa shape index (κ3) is 5.12. The molecular weight excluding hydrogens is 326 g/mol. The highest BCUT2D eigenvalue weighted by molar-refractivity contribution is 5.58. The summed E-state index contributed by atoms with van der Waals surface area (Å²) in [6.07, 6.45) is 3.76. The van der Waals surface area contributed by atoms with Gasteiger partial charge in [0.25, 0.3) is 0 Å². The van der Waals surface area contributed by atoms with E-state index < -0.39 is 0 Å². The van der Waals surface area contributed by atoms with Gasteiger partial charge in [-0.05, 0) is 37.9 Å². The van der Waals surface area contributed by atoms with Crippen molar-refractivity contribution in [2.24, 2.45) is 0 Å². The zero-order chi connectivity index (χ0) is 18.2. The van der Waals surface area contributed by atoms with Crippen LogP contribution in [0, 0.1) is 0 Å². The third-order valence-electron chi connectivity index (χ3n) is 5.64. The molecule has 26 heavy (non-hydrogen) atoms. The molecule has 0 N–H and O–H groups in total. The number of piperazine rings is 1. The fourth-order valence-corrected chi connectivity index (χ4v) is 4.19. The normalized spacial score (nSPS) is 22.5. The predicted octanol–water partition coefficient (Wildman–Crippen LogP) is 2.71. The summed E-state index contributed by atoms with van der Waals surface area (Å²) in [7, 11) is 1.76. The van der Waals surface area contributed by atoms with Gasteiger partial charge < -0.3 is 14.4 Å². The second-order valence-corrected chi connectivity index (χ2v) is 7.40. The van der Waals surface area contributed by atoms with E-state index in [1.165, 1.54) is 31.6 Å². The van der Waals surface area contributed by atoms with Gasteiger partial charge in [0.15, 0.2) is 0 Å². The maximum absolute atomic E-state index is 5.68. The van der Waals surface area contributed by atoms with E-state index in [-0.39, 0.29) is 0 Å². The van der Waals surface area contributed by atoms with E-state index in [1.54, 1.807) is 7.11 Å². The summed E-state index contributed by atoms with van der Waals surface area (Å²) in [6, 6.07) is 9.08. The van der Waals surface area contributed by atoms with E-state index >= 15 is 0 Å². The first-order chi connectivity index (χ1) is 12.8. The highest BCUT2D eigenvalue weighted by Gasteiger charge is 2.28. The Morgan fingerprint density at radius 2 is 1.85 bits per heavy atom. The van der Waals surface area contributed by atoms with Crippen molar-refractivity contribution < 1.29 is 9.47 Å². The van der Waals surface area contributed by atoms with Gasteiger partial charge in [0.05, 0.1) is 19.4 Å². The molecule has 2 aliphatic rings. The third-order valence-corrected chi connectivity index (χ3v) is 5.64. The molecule has 1 aromatic carbocycles. The van der Waals surface area contributed by atoms with Gasteiger partial charge in [-0.25, -0.2) is 0 Å². The average Bonchev–Trinajstić information content (AvgIpc) is 2.71. The predicted molar refractivity (Wildman–Crippen MR) is 107 cm³/mol. The Hall–Kier alpha value is -1.30. The number of methoxy groups -OCH3 is 1. The Balaban J connectivity index is 1.47. The van der Waals surface area contributed by atoms with Crippen LogP contribution in [0.15, 0.2) is 24.3 Å². The van der Waals surface area contributed by atoms with Crippen molar-refractivity contribution in [3.8, 4) is 5.75 Å². The van der Waals surface area contributed by atoms with Crippen LogP contribution < -0.4 is 9.64 Å². The number of rotatable bonds is 8. The quantitative estimate of drug-likeness (QED) is 0.664. The number of hydrogen-bond acceptors (Lipinski definition) is 5. The Kier molecular flexibility index (Phi) is 7.59. The van der Waals surface area contributed by atoms with E-state index in [1.807, 2.05) is 6.07 Å². The Morgan fingerprint density at radius 3 is 2.62 bits per heavy atom. The molecule has 3 rings (SSSR count). The van der Waals surface area contributed by atoms with Crippen molar-refractivity contribution in [1.82, 2.24) is 9.80 Å². The molecule has 2 aliphatic heterocycles. The summed E-state index contributed by atoms with van der Waals surface area (Å²) in [4.78, 5) is 7.76. The van der Waals surface area contributed by atoms with Crippen LogP contribution in [0.1, 0.15) is 26.2 Å². The fourth-order valence-electron chi connectivity index (χ4n) is 4.19. The highest BCUT2D eigenvalue weighted by atomic mass is 16.5. The van der Waals surface area contributed by atoms with Gasteiger partial charge in [-0.3, -0.25) is 9.80 Å². The molecule has 5 heteroatoms. The lowest BCUT2D eigenvalue weighted by molar-refractivity contribution is 0.0601. The standard InChI is InChI=1S/C21H35N3O2/c1-3-16-26-17-15-22-10-6-7-19(18-22)23-11-13-24(14-12-23)20-8-4-5-9-21(20)25-2/h4-5,8-9,19H,3,6-7,10-18H2,1-2H3/t19-/m0/s1. The SMILES string of the molecule is CCCOCCN1CCC[C@H](N2CCN(c3ccccc3OC)CC2)C1. The number of anilines is 1. The van der Waals surface area contributed by atoms with Crippen molar-refractivity contribution in [2.45, 2.75) is 32.2 Å². The topological polar surface area (TPSA) is 28.2 Å². The lowest BCUT2D eigenvalue weighted by Crippen LogP contribution is -2.55. The number of piperidine rings is 1. The Morgan fingerprint density at radius 1 is 1.04 bits per heavy atom. The second-order valence-electron chi connectivity index (χ2n) is 7.40. The summed E-state index contributed by atoms with van der Waals surface area (Å²) < 4.78 is 11.2. The number of benzene rings is 1. The summed E-state index contributed by atoms with van der Waals surface area (Å²) in [5.74, 6) is 0.983. The van der Waals surface area contributed by atoms with Crippen molar-refractivity contribution in [1.29, 1.82) is 0 Å². The lowest BCUT2D eigenvalue weighted by Gasteiger charge is -2.44. The van der Waals surface area contributed by atoms with E-state index in [0.717, 1.165) is 58.1 Å². The van der Waals surface area contributed by atoms with Gasteiger partial charge in [0.1, 0.15) is 5.75 Å². The first kappa shape index (κ1) is 19.5. The maximum Gasteiger partial charge on any atom is 0.142 e. The average molecular weight is 362 g/mol. The number of para-hydroxylation sites is 2. The molecule has 2 heterocycles. The molecule has 1 aromatic rings. The van der Waals surface area contributed by atoms with E-state index in [4.69, 9.17) is 9.47 Å². The van der Waals surface area contributed by atoms with Crippen molar-refractivity contribution in [3.63, 3.8) is 0 Å². The number of nitrogens with zero attached hydrogens (tertiary/aromatic N) is 3. The van der Waals surface area contributed by atoms with Gasteiger partial charge in [0, 0.05) is 51.9 Å². The highest BCUT2D eigenvalue weighted by Crippen LogP contribution is 2.29. The molecule has 0 aliphatic carbocycles. The molecule has 0 aromatic heterocycles. The van der Waals surface area contributed by atoms with Crippen LogP contribution in [0.4, 0.5) is 5.69 Å². The van der Waals surface area contributed by atoms with E-state index in [2.05, 4.69) is 39.8 Å². The van der Waals surface area contributed by atoms with Crippen LogP contribution in [0.5, 0.6) is 5.75 Å². The molecule has 0 saturated carbocycles. The smallest absolute Gasteiger partial charge is 0.142 e. The minimum Gasteiger partial charge on any atom is -0.495 e. The molecule has 5 nitrogen and oxygen atoms in total. The molecular formula is C21H35N3O2. The van der Waals surface area contributed by atoms with Crippen LogP contribution in [0.25, 0.3) is 0 Å². The zero-order valence-corrected chi connectivity index (χ0v) is 16.5. The Labute approximate surface area is 158 Å². The molecule has 0 spiro atoms. The largest absolute Gasteiger partial charge is 0.495 e. The maximum atomic E-state index is 5.68. The van der Waals surface area contributed by atoms with Crippen molar-refractivity contribution in [2.75, 3.05) is 71.0 Å². The van der Waals surface area contributed by atoms with Crippen molar-refractivity contribution >= 4 is 5.69 Å². The van der Waals surface area contributed by atoms with E-state index in [9.17, 15) is 0 Å². The number of likely N-dealkylation sites (tertiary alicyclic amines) is 1. The van der Waals surface area contributed by atoms with E-state index in [0.29, 0.717) is 6.04 Å². The first-order valence-corrected chi connectivity index (χ1v) is 10.2. The summed E-state index contributed by atoms with van der Waals surface area (Å²) in [5.41, 5.74) is 1.23. The molecule has 2 saturated heterocycles. The minimum absolute atomic E-state index is 0.703. The molecule has 0 radical (unpaired) electrons. The van der Waals surface area contributed by atoms with Crippen LogP contribution >= 0.6 is 0 Å². The molecule has 2 fully saturated rings. The van der Waals surface area contributed by atoms with Crippen LogP contribution in [-0.4, -0.2) is 82.0 Å². The summed E-state index contributed by atoms with van der Waals surface area (Å²) in [5, 5.41) is 0. The monoisotopic (exact) mass is 361 g/mol. The summed E-state index contributed by atoms with van der Waals surface area (Å²) in [6.45, 7) is 11.9. The molecule has 0 amide bonds. The first-order valence-electron chi connectivity index (χ1n) is 10.2. The van der Waals surface area contributed by atoms with Crippen LogP contribution in [0.2, 0.25) is 0 Å². The van der Waals surface area contributed by atoms with Crippen molar-refractivity contribution in [3.05, 3.63) is 24.3 Å². The van der Waals surface area contributed by atoms with Gasteiger partial charge >= 0.3 is 0 Å². The Bertz CT molecular complexity index is 532. The van der Waals surface area contributed by atoms with Gasteiger partial charge in [-0.2, -0.15) is 0 Å². The molecule has 1 atom stereocenters. The molecule has 0 bridgehead atoms. The lowest BCUT2D eigenvalue weighted by atomic mass is 10.0. The zero-order valence-electron chi connectivity index (χ0n) is 16.5. The number of hydrogen-bond donors (Lipinski definition) is 0. The van der Waals surface area contributed by atoms with Gasteiger partial charge in [0.2, 0.25) is 0 Å².